The normalized spacial score (nSPS) is 21.7. The molecule has 0 fully saturated rings. The standard InChI is InChI=1S/C14H21NO2/c1-3-11(16)8-15-10(2)13-9-17-14-7-5-4-6-12(13)14/h4-7,10-11,13,15-16H,3,8-9H2,1-2H3/t10?,11-,13?/m1/s1. The smallest absolute Gasteiger partial charge is 0.122 e. The fourth-order valence-corrected chi connectivity index (χ4v) is 2.21. The highest BCUT2D eigenvalue weighted by Gasteiger charge is 2.28. The van der Waals surface area contributed by atoms with E-state index in [1.807, 2.05) is 25.1 Å². The molecule has 0 spiro atoms. The molecule has 2 rings (SSSR count). The predicted molar refractivity (Wildman–Crippen MR) is 68.4 cm³/mol. The molecule has 0 aliphatic carbocycles. The third-order valence-electron chi connectivity index (χ3n) is 3.49. The van der Waals surface area contributed by atoms with Crippen LogP contribution >= 0.6 is 0 Å². The third kappa shape index (κ3) is 2.79. The maximum absolute atomic E-state index is 9.55. The molecule has 94 valence electrons. The van der Waals surface area contributed by atoms with E-state index in [9.17, 15) is 5.11 Å². The van der Waals surface area contributed by atoms with Crippen LogP contribution < -0.4 is 10.1 Å². The molecule has 2 unspecified atom stereocenters. The molecule has 0 aromatic heterocycles. The molecule has 0 radical (unpaired) electrons. The van der Waals surface area contributed by atoms with Gasteiger partial charge >= 0.3 is 0 Å². The Morgan fingerprint density at radius 3 is 3.00 bits per heavy atom. The van der Waals surface area contributed by atoms with Gasteiger partial charge in [-0.25, -0.2) is 0 Å². The lowest BCUT2D eigenvalue weighted by atomic mass is 9.94. The van der Waals surface area contributed by atoms with Crippen LogP contribution in [-0.4, -0.2) is 30.4 Å². The average molecular weight is 235 g/mol. The number of aliphatic hydroxyl groups is 1. The fraction of sp³-hybridized carbons (Fsp3) is 0.571. The number of hydrogen-bond donors (Lipinski definition) is 2. The van der Waals surface area contributed by atoms with E-state index in [4.69, 9.17) is 4.74 Å². The molecule has 0 bridgehead atoms. The Kier molecular flexibility index (Phi) is 4.02. The van der Waals surface area contributed by atoms with Crippen molar-refractivity contribution < 1.29 is 9.84 Å². The summed E-state index contributed by atoms with van der Waals surface area (Å²) >= 11 is 0. The molecule has 1 aliphatic rings. The van der Waals surface area contributed by atoms with E-state index in [1.165, 1.54) is 5.56 Å². The summed E-state index contributed by atoms with van der Waals surface area (Å²) in [6, 6.07) is 8.51. The minimum Gasteiger partial charge on any atom is -0.493 e. The Labute approximate surface area is 103 Å². The molecule has 1 aromatic rings. The van der Waals surface area contributed by atoms with Crippen LogP contribution in [0.25, 0.3) is 0 Å². The minimum absolute atomic E-state index is 0.255. The molecule has 1 aromatic carbocycles. The lowest BCUT2D eigenvalue weighted by Crippen LogP contribution is -2.37. The topological polar surface area (TPSA) is 41.5 Å². The molecule has 0 saturated heterocycles. The first kappa shape index (κ1) is 12.4. The number of hydrogen-bond acceptors (Lipinski definition) is 3. The summed E-state index contributed by atoms with van der Waals surface area (Å²) in [5.74, 6) is 1.39. The highest BCUT2D eigenvalue weighted by Crippen LogP contribution is 2.35. The fourth-order valence-electron chi connectivity index (χ4n) is 2.21. The van der Waals surface area contributed by atoms with Crippen molar-refractivity contribution in [3.8, 4) is 5.75 Å². The highest BCUT2D eigenvalue weighted by atomic mass is 16.5. The van der Waals surface area contributed by atoms with Gasteiger partial charge in [0, 0.05) is 24.1 Å². The number of fused-ring (bicyclic) bond motifs is 1. The molecule has 3 nitrogen and oxygen atoms in total. The van der Waals surface area contributed by atoms with E-state index in [1.54, 1.807) is 0 Å². The molecule has 1 aliphatic heterocycles. The Balaban J connectivity index is 1.95. The van der Waals surface area contributed by atoms with Gasteiger partial charge in [-0.15, -0.1) is 0 Å². The lowest BCUT2D eigenvalue weighted by molar-refractivity contribution is 0.160. The highest BCUT2D eigenvalue weighted by molar-refractivity contribution is 5.40. The minimum atomic E-state index is -0.255. The number of benzene rings is 1. The molecular formula is C14H21NO2. The monoisotopic (exact) mass is 235 g/mol. The van der Waals surface area contributed by atoms with E-state index in [0.717, 1.165) is 18.8 Å². The van der Waals surface area contributed by atoms with Gasteiger partial charge in [0.15, 0.2) is 0 Å². The maximum atomic E-state index is 9.55. The number of para-hydroxylation sites is 1. The van der Waals surface area contributed by atoms with Crippen LogP contribution in [0.4, 0.5) is 0 Å². The molecule has 3 heteroatoms. The Morgan fingerprint density at radius 1 is 1.47 bits per heavy atom. The molecule has 0 amide bonds. The van der Waals surface area contributed by atoms with Crippen LogP contribution in [0.1, 0.15) is 31.7 Å². The zero-order chi connectivity index (χ0) is 12.3. The number of rotatable bonds is 5. The van der Waals surface area contributed by atoms with Gasteiger partial charge in [-0.3, -0.25) is 0 Å². The van der Waals surface area contributed by atoms with Crippen LogP contribution in [0.3, 0.4) is 0 Å². The Morgan fingerprint density at radius 2 is 2.24 bits per heavy atom. The van der Waals surface area contributed by atoms with Crippen LogP contribution in [0.2, 0.25) is 0 Å². The van der Waals surface area contributed by atoms with E-state index < -0.39 is 0 Å². The van der Waals surface area contributed by atoms with Crippen molar-refractivity contribution in [1.29, 1.82) is 0 Å². The largest absolute Gasteiger partial charge is 0.493 e. The zero-order valence-corrected chi connectivity index (χ0v) is 10.5. The van der Waals surface area contributed by atoms with Gasteiger partial charge < -0.3 is 15.2 Å². The summed E-state index contributed by atoms with van der Waals surface area (Å²) in [6.07, 6.45) is 0.535. The summed E-state index contributed by atoms with van der Waals surface area (Å²) in [4.78, 5) is 0. The van der Waals surface area contributed by atoms with Gasteiger partial charge in [0.1, 0.15) is 5.75 Å². The van der Waals surface area contributed by atoms with Crippen molar-refractivity contribution in [2.75, 3.05) is 13.2 Å². The SMILES string of the molecule is CC[C@@H](O)CNC(C)C1COc2ccccc21. The van der Waals surface area contributed by atoms with Crippen molar-refractivity contribution in [3.63, 3.8) is 0 Å². The zero-order valence-electron chi connectivity index (χ0n) is 10.5. The summed E-state index contributed by atoms with van der Waals surface area (Å²) in [6.45, 7) is 5.52. The average Bonchev–Trinajstić information content (AvgIpc) is 2.79. The molecule has 1 heterocycles. The quantitative estimate of drug-likeness (QED) is 0.819. The summed E-state index contributed by atoms with van der Waals surface area (Å²) in [5, 5.41) is 12.9. The van der Waals surface area contributed by atoms with Crippen LogP contribution in [-0.2, 0) is 0 Å². The van der Waals surface area contributed by atoms with Gasteiger partial charge in [0.05, 0.1) is 12.7 Å². The van der Waals surface area contributed by atoms with E-state index in [0.29, 0.717) is 18.5 Å². The third-order valence-corrected chi connectivity index (χ3v) is 3.49. The molecule has 0 saturated carbocycles. The van der Waals surface area contributed by atoms with Crippen molar-refractivity contribution >= 4 is 0 Å². The predicted octanol–water partition coefficient (Wildman–Crippen LogP) is 1.91. The number of aliphatic hydroxyl groups excluding tert-OH is 1. The summed E-state index contributed by atoms with van der Waals surface area (Å²) < 4.78 is 5.66. The molecular weight excluding hydrogens is 214 g/mol. The van der Waals surface area contributed by atoms with Gasteiger partial charge in [-0.2, -0.15) is 0 Å². The van der Waals surface area contributed by atoms with Crippen LogP contribution in [0.5, 0.6) is 5.75 Å². The van der Waals surface area contributed by atoms with Crippen molar-refractivity contribution in [2.24, 2.45) is 0 Å². The van der Waals surface area contributed by atoms with Crippen molar-refractivity contribution in [2.45, 2.75) is 38.3 Å². The Hall–Kier alpha value is -1.06. The number of nitrogens with one attached hydrogen (secondary N) is 1. The molecule has 17 heavy (non-hydrogen) atoms. The van der Waals surface area contributed by atoms with E-state index in [2.05, 4.69) is 18.3 Å². The van der Waals surface area contributed by atoms with E-state index in [-0.39, 0.29) is 6.10 Å². The first-order valence-electron chi connectivity index (χ1n) is 6.35. The molecule has 2 N–H and O–H groups in total. The summed E-state index contributed by atoms with van der Waals surface area (Å²) in [5.41, 5.74) is 1.28. The van der Waals surface area contributed by atoms with E-state index >= 15 is 0 Å². The van der Waals surface area contributed by atoms with Gasteiger partial charge in [-0.1, -0.05) is 25.1 Å². The van der Waals surface area contributed by atoms with Crippen LogP contribution in [0.15, 0.2) is 24.3 Å². The number of ether oxygens (including phenoxy) is 1. The second-order valence-corrected chi connectivity index (χ2v) is 4.71. The first-order chi connectivity index (χ1) is 8.22. The first-order valence-corrected chi connectivity index (χ1v) is 6.35. The molecule has 3 atom stereocenters. The summed E-state index contributed by atoms with van der Waals surface area (Å²) in [7, 11) is 0. The Bertz CT molecular complexity index is 367. The van der Waals surface area contributed by atoms with Gasteiger partial charge in [0.2, 0.25) is 0 Å². The van der Waals surface area contributed by atoms with Gasteiger partial charge in [0.25, 0.3) is 0 Å². The van der Waals surface area contributed by atoms with Crippen molar-refractivity contribution in [3.05, 3.63) is 29.8 Å². The maximum Gasteiger partial charge on any atom is 0.122 e. The second-order valence-electron chi connectivity index (χ2n) is 4.71. The second kappa shape index (κ2) is 5.52. The van der Waals surface area contributed by atoms with Crippen molar-refractivity contribution in [1.82, 2.24) is 5.32 Å². The van der Waals surface area contributed by atoms with Gasteiger partial charge in [-0.05, 0) is 19.4 Å². The lowest BCUT2D eigenvalue weighted by Gasteiger charge is -2.21. The van der Waals surface area contributed by atoms with Crippen LogP contribution in [0, 0.1) is 0 Å².